The highest BCUT2D eigenvalue weighted by Gasteiger charge is 2.27. The molecule has 7 heteroatoms. The van der Waals surface area contributed by atoms with Crippen LogP contribution in [-0.2, 0) is 6.42 Å². The van der Waals surface area contributed by atoms with Gasteiger partial charge in [0.15, 0.2) is 0 Å². The summed E-state index contributed by atoms with van der Waals surface area (Å²) in [6, 6.07) is 7.73. The average molecular weight is 357 g/mol. The van der Waals surface area contributed by atoms with Gasteiger partial charge < -0.3 is 14.8 Å². The number of nitrogens with one attached hydrogen (secondary N) is 2. The summed E-state index contributed by atoms with van der Waals surface area (Å²) in [5.41, 5.74) is 3.95. The Bertz CT molecular complexity index is 923. The lowest BCUT2D eigenvalue weighted by molar-refractivity contribution is 0.0950. The fourth-order valence-corrected chi connectivity index (χ4v) is 3.40. The first-order valence-electron chi connectivity index (χ1n) is 8.08. The van der Waals surface area contributed by atoms with Gasteiger partial charge in [0.25, 0.3) is 5.91 Å². The van der Waals surface area contributed by atoms with Gasteiger partial charge in [-0.3, -0.25) is 4.79 Å². The molecule has 1 amide bonds. The second kappa shape index (κ2) is 6.04. The van der Waals surface area contributed by atoms with Crippen molar-refractivity contribution in [3.8, 4) is 11.4 Å². The summed E-state index contributed by atoms with van der Waals surface area (Å²) in [5, 5.41) is 7.62. The van der Waals surface area contributed by atoms with Crippen LogP contribution in [0.4, 0.5) is 0 Å². The second-order valence-electron chi connectivity index (χ2n) is 6.27. The molecule has 2 N–H and O–H groups in total. The first-order chi connectivity index (χ1) is 12.0. The lowest BCUT2D eigenvalue weighted by Gasteiger charge is -2.14. The number of benzene rings is 1. The van der Waals surface area contributed by atoms with E-state index in [-0.39, 0.29) is 11.8 Å². The van der Waals surface area contributed by atoms with E-state index >= 15 is 0 Å². The molecule has 1 aromatic carbocycles. The highest BCUT2D eigenvalue weighted by atomic mass is 35.5. The van der Waals surface area contributed by atoms with Gasteiger partial charge in [0.05, 0.1) is 11.3 Å². The molecule has 0 radical (unpaired) electrons. The van der Waals surface area contributed by atoms with Crippen molar-refractivity contribution in [3.05, 3.63) is 57.7 Å². The highest BCUT2D eigenvalue weighted by molar-refractivity contribution is 6.30. The van der Waals surface area contributed by atoms with Crippen LogP contribution in [0.2, 0.25) is 5.02 Å². The number of rotatable bonds is 2. The number of H-pyrrole nitrogens is 1. The predicted octanol–water partition coefficient (Wildman–Crippen LogP) is 3.40. The summed E-state index contributed by atoms with van der Waals surface area (Å²) in [7, 11) is 0. The number of hydrogen-bond acceptors (Lipinski definition) is 4. The van der Waals surface area contributed by atoms with E-state index in [2.05, 4.69) is 20.4 Å². The maximum absolute atomic E-state index is 12.4. The lowest BCUT2D eigenvalue weighted by Crippen LogP contribution is -2.26. The number of aryl methyl sites for hydroxylation is 2. The Balaban J connectivity index is 1.72. The fraction of sp³-hybridized carbons (Fsp3) is 0.278. The molecule has 1 atom stereocenters. The lowest BCUT2D eigenvalue weighted by atomic mass is 9.94. The van der Waals surface area contributed by atoms with Crippen LogP contribution < -0.4 is 5.32 Å². The number of amides is 1. The summed E-state index contributed by atoms with van der Waals surface area (Å²) in [4.78, 5) is 20.2. The molecule has 128 valence electrons. The number of nitrogens with zero attached hydrogens (tertiary/aromatic N) is 2. The Morgan fingerprint density at radius 1 is 1.24 bits per heavy atom. The topological polar surface area (TPSA) is 83.8 Å². The van der Waals surface area contributed by atoms with Crippen molar-refractivity contribution in [3.63, 3.8) is 0 Å². The zero-order valence-corrected chi connectivity index (χ0v) is 14.6. The number of halogens is 1. The third-order valence-electron chi connectivity index (χ3n) is 4.56. The van der Waals surface area contributed by atoms with Crippen molar-refractivity contribution in [2.24, 2.45) is 0 Å². The van der Waals surface area contributed by atoms with Crippen LogP contribution >= 0.6 is 11.6 Å². The average Bonchev–Trinajstić information content (AvgIpc) is 3.11. The fourth-order valence-electron chi connectivity index (χ4n) is 3.27. The summed E-state index contributed by atoms with van der Waals surface area (Å²) in [5.74, 6) is 1.28. The number of imidazole rings is 1. The maximum Gasteiger partial charge on any atom is 0.271 e. The van der Waals surface area contributed by atoms with Crippen LogP contribution in [0.3, 0.4) is 0 Å². The zero-order valence-electron chi connectivity index (χ0n) is 13.9. The molecule has 0 saturated heterocycles. The second-order valence-corrected chi connectivity index (χ2v) is 6.71. The largest absolute Gasteiger partial charge is 0.361 e. The van der Waals surface area contributed by atoms with E-state index in [0.717, 1.165) is 22.5 Å². The van der Waals surface area contributed by atoms with Crippen molar-refractivity contribution >= 4 is 17.5 Å². The molecule has 2 aromatic heterocycles. The minimum absolute atomic E-state index is 0.153. The molecule has 25 heavy (non-hydrogen) atoms. The van der Waals surface area contributed by atoms with Gasteiger partial charge >= 0.3 is 0 Å². The minimum atomic E-state index is -0.166. The molecule has 3 aromatic rings. The van der Waals surface area contributed by atoms with Gasteiger partial charge in [0.1, 0.15) is 17.3 Å². The highest BCUT2D eigenvalue weighted by Crippen LogP contribution is 2.29. The standard InChI is InChI=1S/C18H17ClN4O2/c1-9-15(10(2)25-23-9)17-21-14-7-12(8-20-18(24)16(14)22-17)11-3-5-13(19)6-4-11/h3-6,12H,7-8H2,1-2H3,(H,20,24)(H,21,22)/t12-/m0/s1. The van der Waals surface area contributed by atoms with Gasteiger partial charge in [-0.05, 0) is 38.0 Å². The van der Waals surface area contributed by atoms with Gasteiger partial charge in [0, 0.05) is 23.2 Å². The predicted molar refractivity (Wildman–Crippen MR) is 93.8 cm³/mol. The van der Waals surface area contributed by atoms with E-state index in [1.165, 1.54) is 0 Å². The van der Waals surface area contributed by atoms with Gasteiger partial charge in [0.2, 0.25) is 0 Å². The molecule has 0 unspecified atom stereocenters. The summed E-state index contributed by atoms with van der Waals surface area (Å²) >= 11 is 5.98. The SMILES string of the molecule is Cc1noc(C)c1-c1nc2c([nH]1)C[C@H](c1ccc(Cl)cc1)CNC2=O. The van der Waals surface area contributed by atoms with E-state index < -0.39 is 0 Å². The normalized spacial score (nSPS) is 17.1. The first-order valence-corrected chi connectivity index (χ1v) is 8.46. The summed E-state index contributed by atoms with van der Waals surface area (Å²) in [6.45, 7) is 4.25. The van der Waals surface area contributed by atoms with Gasteiger partial charge in [-0.25, -0.2) is 4.98 Å². The smallest absolute Gasteiger partial charge is 0.271 e. The number of fused-ring (bicyclic) bond motifs is 1. The molecule has 0 spiro atoms. The Kier molecular flexibility index (Phi) is 3.84. The molecule has 0 bridgehead atoms. The Morgan fingerprint density at radius 3 is 2.68 bits per heavy atom. The van der Waals surface area contributed by atoms with Crippen molar-refractivity contribution in [1.82, 2.24) is 20.4 Å². The third-order valence-corrected chi connectivity index (χ3v) is 4.82. The monoisotopic (exact) mass is 356 g/mol. The van der Waals surface area contributed by atoms with E-state index in [1.807, 2.05) is 38.1 Å². The van der Waals surface area contributed by atoms with Crippen molar-refractivity contribution in [2.45, 2.75) is 26.2 Å². The van der Waals surface area contributed by atoms with E-state index in [0.29, 0.717) is 35.3 Å². The zero-order chi connectivity index (χ0) is 17.6. The van der Waals surface area contributed by atoms with Crippen LogP contribution in [0.25, 0.3) is 11.4 Å². The minimum Gasteiger partial charge on any atom is -0.361 e. The Morgan fingerprint density at radius 2 is 2.00 bits per heavy atom. The number of aromatic nitrogens is 3. The maximum atomic E-state index is 12.4. The molecule has 3 heterocycles. The van der Waals surface area contributed by atoms with E-state index in [9.17, 15) is 4.79 Å². The van der Waals surface area contributed by atoms with Crippen LogP contribution in [0.1, 0.15) is 39.1 Å². The summed E-state index contributed by atoms with van der Waals surface area (Å²) in [6.07, 6.45) is 0.687. The molecular weight excluding hydrogens is 340 g/mol. The Hall–Kier alpha value is -2.60. The van der Waals surface area contributed by atoms with Crippen molar-refractivity contribution < 1.29 is 9.32 Å². The number of carbonyl (C=O) groups is 1. The molecule has 0 aliphatic carbocycles. The van der Waals surface area contributed by atoms with E-state index in [1.54, 1.807) is 0 Å². The van der Waals surface area contributed by atoms with Crippen molar-refractivity contribution in [2.75, 3.05) is 6.54 Å². The molecule has 0 saturated carbocycles. The van der Waals surface area contributed by atoms with Crippen LogP contribution in [-0.4, -0.2) is 27.6 Å². The van der Waals surface area contributed by atoms with Gasteiger partial charge in [-0.2, -0.15) is 0 Å². The number of carbonyl (C=O) groups excluding carboxylic acids is 1. The number of aromatic amines is 1. The summed E-state index contributed by atoms with van der Waals surface area (Å²) < 4.78 is 5.21. The molecule has 0 fully saturated rings. The molecular formula is C18H17ClN4O2. The van der Waals surface area contributed by atoms with Crippen LogP contribution in [0.15, 0.2) is 28.8 Å². The van der Waals surface area contributed by atoms with Crippen LogP contribution in [0.5, 0.6) is 0 Å². The van der Waals surface area contributed by atoms with Gasteiger partial charge in [-0.15, -0.1) is 0 Å². The van der Waals surface area contributed by atoms with Crippen molar-refractivity contribution in [1.29, 1.82) is 0 Å². The quantitative estimate of drug-likeness (QED) is 0.737. The van der Waals surface area contributed by atoms with E-state index in [4.69, 9.17) is 16.1 Å². The first kappa shape index (κ1) is 15.9. The molecule has 1 aliphatic heterocycles. The molecule has 1 aliphatic rings. The third kappa shape index (κ3) is 2.82. The van der Waals surface area contributed by atoms with Gasteiger partial charge in [-0.1, -0.05) is 28.9 Å². The van der Waals surface area contributed by atoms with Crippen LogP contribution in [0, 0.1) is 13.8 Å². The molecule has 6 nitrogen and oxygen atoms in total. The molecule has 4 rings (SSSR count). The Labute approximate surface area is 149 Å². The number of hydrogen-bond donors (Lipinski definition) is 2.